The molecule has 1 unspecified atom stereocenters. The van der Waals surface area contributed by atoms with Crippen molar-refractivity contribution in [2.75, 3.05) is 26.2 Å². The molecule has 5 heteroatoms. The van der Waals surface area contributed by atoms with Gasteiger partial charge in [0.25, 0.3) is 0 Å². The number of ether oxygens (including phenoxy) is 1. The molecule has 2 fully saturated rings. The van der Waals surface area contributed by atoms with Crippen molar-refractivity contribution in [3.63, 3.8) is 0 Å². The smallest absolute Gasteiger partial charge is 0.234 e. The quantitative estimate of drug-likeness (QED) is 0.754. The fourth-order valence-electron chi connectivity index (χ4n) is 1.97. The summed E-state index contributed by atoms with van der Waals surface area (Å²) in [6, 6.07) is 0. The maximum absolute atomic E-state index is 11.5. The topological polar surface area (TPSA) is 50.4 Å². The van der Waals surface area contributed by atoms with Crippen LogP contribution < -0.4 is 10.6 Å². The maximum atomic E-state index is 11.5. The van der Waals surface area contributed by atoms with Crippen LogP contribution in [0.2, 0.25) is 0 Å². The molecule has 1 amide bonds. The average Bonchev–Trinajstić information content (AvgIpc) is 3.12. The van der Waals surface area contributed by atoms with Crippen LogP contribution in [-0.4, -0.2) is 38.3 Å². The SMILES string of the molecule is Cl.O=C(CNCC1CC1)NCC1CCCCO1. The van der Waals surface area contributed by atoms with E-state index in [9.17, 15) is 4.79 Å². The molecule has 100 valence electrons. The van der Waals surface area contributed by atoms with E-state index in [1.807, 2.05) is 0 Å². The van der Waals surface area contributed by atoms with Crippen molar-refractivity contribution < 1.29 is 9.53 Å². The second-order valence-corrected chi connectivity index (χ2v) is 4.87. The summed E-state index contributed by atoms with van der Waals surface area (Å²) < 4.78 is 5.55. The molecule has 1 atom stereocenters. The Morgan fingerprint density at radius 3 is 2.65 bits per heavy atom. The first-order valence-electron chi connectivity index (χ1n) is 6.43. The van der Waals surface area contributed by atoms with Gasteiger partial charge in [-0.25, -0.2) is 0 Å². The van der Waals surface area contributed by atoms with E-state index in [1.54, 1.807) is 0 Å². The van der Waals surface area contributed by atoms with Crippen LogP contribution in [0.25, 0.3) is 0 Å². The Balaban J connectivity index is 0.00000144. The van der Waals surface area contributed by atoms with E-state index in [-0.39, 0.29) is 24.4 Å². The highest BCUT2D eigenvalue weighted by atomic mass is 35.5. The number of carbonyl (C=O) groups is 1. The summed E-state index contributed by atoms with van der Waals surface area (Å²) in [6.07, 6.45) is 6.35. The molecule has 1 aliphatic carbocycles. The number of rotatable bonds is 6. The second kappa shape index (κ2) is 7.90. The lowest BCUT2D eigenvalue weighted by atomic mass is 10.1. The number of halogens is 1. The number of nitrogens with one attached hydrogen (secondary N) is 2. The van der Waals surface area contributed by atoms with Crippen LogP contribution in [0.15, 0.2) is 0 Å². The van der Waals surface area contributed by atoms with Gasteiger partial charge in [0.1, 0.15) is 0 Å². The molecule has 0 aromatic heterocycles. The zero-order chi connectivity index (χ0) is 11.2. The van der Waals surface area contributed by atoms with Crippen molar-refractivity contribution >= 4 is 18.3 Å². The van der Waals surface area contributed by atoms with Gasteiger partial charge in [0.15, 0.2) is 0 Å². The Kier molecular flexibility index (Phi) is 6.85. The predicted octanol–water partition coefficient (Wildman–Crippen LogP) is 1.09. The number of hydrogen-bond acceptors (Lipinski definition) is 3. The summed E-state index contributed by atoms with van der Waals surface area (Å²) in [6.45, 7) is 2.96. The van der Waals surface area contributed by atoms with Crippen LogP contribution in [0.4, 0.5) is 0 Å². The van der Waals surface area contributed by atoms with Crippen LogP contribution in [0.3, 0.4) is 0 Å². The average molecular weight is 263 g/mol. The molecule has 1 saturated carbocycles. The molecule has 0 bridgehead atoms. The largest absolute Gasteiger partial charge is 0.376 e. The van der Waals surface area contributed by atoms with Gasteiger partial charge in [-0.3, -0.25) is 4.79 Å². The molecule has 1 heterocycles. The number of carbonyl (C=O) groups excluding carboxylic acids is 1. The van der Waals surface area contributed by atoms with E-state index in [4.69, 9.17) is 4.74 Å². The Hall–Kier alpha value is -0.320. The molecule has 0 aromatic carbocycles. The lowest BCUT2D eigenvalue weighted by molar-refractivity contribution is -0.121. The van der Waals surface area contributed by atoms with E-state index >= 15 is 0 Å². The molecule has 2 aliphatic rings. The number of amides is 1. The van der Waals surface area contributed by atoms with Crippen molar-refractivity contribution in [3.05, 3.63) is 0 Å². The summed E-state index contributed by atoms with van der Waals surface area (Å²) in [5, 5.41) is 6.10. The molecule has 0 spiro atoms. The molecule has 17 heavy (non-hydrogen) atoms. The molecule has 1 aliphatic heterocycles. The monoisotopic (exact) mass is 262 g/mol. The Morgan fingerprint density at radius 1 is 1.18 bits per heavy atom. The third-order valence-electron chi connectivity index (χ3n) is 3.22. The van der Waals surface area contributed by atoms with E-state index in [0.717, 1.165) is 31.9 Å². The highest BCUT2D eigenvalue weighted by molar-refractivity contribution is 5.85. The first kappa shape index (κ1) is 14.7. The van der Waals surface area contributed by atoms with Gasteiger partial charge in [-0.05, 0) is 44.6 Å². The summed E-state index contributed by atoms with van der Waals surface area (Å²) in [5.74, 6) is 0.921. The molecule has 2 rings (SSSR count). The predicted molar refractivity (Wildman–Crippen MR) is 69.4 cm³/mol. The molecule has 2 N–H and O–H groups in total. The van der Waals surface area contributed by atoms with Crippen molar-refractivity contribution in [1.29, 1.82) is 0 Å². The van der Waals surface area contributed by atoms with E-state index < -0.39 is 0 Å². The van der Waals surface area contributed by atoms with Gasteiger partial charge in [-0.1, -0.05) is 0 Å². The normalized spacial score (nSPS) is 23.9. The van der Waals surface area contributed by atoms with Gasteiger partial charge in [0.05, 0.1) is 12.6 Å². The molecular formula is C12H23ClN2O2. The fourth-order valence-corrected chi connectivity index (χ4v) is 1.97. The van der Waals surface area contributed by atoms with Gasteiger partial charge < -0.3 is 15.4 Å². The minimum absolute atomic E-state index is 0. The lowest BCUT2D eigenvalue weighted by Crippen LogP contribution is -2.40. The minimum Gasteiger partial charge on any atom is -0.376 e. The Bertz CT molecular complexity index is 229. The van der Waals surface area contributed by atoms with Crippen molar-refractivity contribution in [3.8, 4) is 0 Å². The Morgan fingerprint density at radius 2 is 2.00 bits per heavy atom. The van der Waals surface area contributed by atoms with Gasteiger partial charge in [-0.2, -0.15) is 0 Å². The van der Waals surface area contributed by atoms with E-state index in [0.29, 0.717) is 13.1 Å². The summed E-state index contributed by atoms with van der Waals surface area (Å²) in [5.41, 5.74) is 0. The maximum Gasteiger partial charge on any atom is 0.234 e. The van der Waals surface area contributed by atoms with Crippen molar-refractivity contribution in [1.82, 2.24) is 10.6 Å². The lowest BCUT2D eigenvalue weighted by Gasteiger charge is -2.22. The number of hydrogen-bond donors (Lipinski definition) is 2. The van der Waals surface area contributed by atoms with E-state index in [2.05, 4.69) is 10.6 Å². The fraction of sp³-hybridized carbons (Fsp3) is 0.917. The molecular weight excluding hydrogens is 240 g/mol. The van der Waals surface area contributed by atoms with Gasteiger partial charge in [0, 0.05) is 13.2 Å². The summed E-state index contributed by atoms with van der Waals surface area (Å²) in [7, 11) is 0. The third kappa shape index (κ3) is 6.24. The first-order valence-corrected chi connectivity index (χ1v) is 6.43. The van der Waals surface area contributed by atoms with Gasteiger partial charge in [0.2, 0.25) is 5.91 Å². The van der Waals surface area contributed by atoms with Gasteiger partial charge in [-0.15, -0.1) is 12.4 Å². The summed E-state index contributed by atoms with van der Waals surface area (Å²) in [4.78, 5) is 11.5. The minimum atomic E-state index is 0. The van der Waals surface area contributed by atoms with Crippen LogP contribution in [0, 0.1) is 5.92 Å². The van der Waals surface area contributed by atoms with E-state index in [1.165, 1.54) is 19.3 Å². The molecule has 4 nitrogen and oxygen atoms in total. The van der Waals surface area contributed by atoms with Crippen LogP contribution in [0.5, 0.6) is 0 Å². The Labute approximate surface area is 109 Å². The van der Waals surface area contributed by atoms with Crippen LogP contribution >= 0.6 is 12.4 Å². The zero-order valence-electron chi connectivity index (χ0n) is 10.2. The highest BCUT2D eigenvalue weighted by Crippen LogP contribution is 2.27. The molecule has 0 radical (unpaired) electrons. The van der Waals surface area contributed by atoms with Crippen molar-refractivity contribution in [2.24, 2.45) is 5.92 Å². The molecule has 1 saturated heterocycles. The zero-order valence-corrected chi connectivity index (χ0v) is 11.1. The standard InChI is InChI=1S/C12H22N2O2.ClH/c15-12(9-13-7-10-4-5-10)14-8-11-3-1-2-6-16-11;/h10-11,13H,1-9H2,(H,14,15);1H. The third-order valence-corrected chi connectivity index (χ3v) is 3.22. The summed E-state index contributed by atoms with van der Waals surface area (Å²) >= 11 is 0. The molecule has 0 aromatic rings. The van der Waals surface area contributed by atoms with Crippen LogP contribution in [0.1, 0.15) is 32.1 Å². The van der Waals surface area contributed by atoms with Crippen LogP contribution in [-0.2, 0) is 9.53 Å². The second-order valence-electron chi connectivity index (χ2n) is 4.87. The highest BCUT2D eigenvalue weighted by Gasteiger charge is 2.20. The van der Waals surface area contributed by atoms with Crippen molar-refractivity contribution in [2.45, 2.75) is 38.2 Å². The van der Waals surface area contributed by atoms with Gasteiger partial charge >= 0.3 is 0 Å². The first-order chi connectivity index (χ1) is 7.84.